The van der Waals surface area contributed by atoms with Gasteiger partial charge in [-0.2, -0.15) is 13.2 Å². The van der Waals surface area contributed by atoms with Crippen LogP contribution in [-0.4, -0.2) is 0 Å². The van der Waals surface area contributed by atoms with E-state index in [1.807, 2.05) is 0 Å². The SMILES string of the molecule is CCC(C)CCC1CCC(C2CCC(c3ccc(C(F)(F)F)cc3)CC2)CC1. The van der Waals surface area contributed by atoms with E-state index in [2.05, 4.69) is 13.8 Å². The zero-order chi connectivity index (χ0) is 20.1. The molecule has 0 aliphatic heterocycles. The van der Waals surface area contributed by atoms with E-state index in [0.29, 0.717) is 5.92 Å². The van der Waals surface area contributed by atoms with Gasteiger partial charge in [0.25, 0.3) is 0 Å². The fraction of sp³-hybridized carbons (Fsp3) is 0.760. The van der Waals surface area contributed by atoms with Gasteiger partial charge in [0, 0.05) is 0 Å². The van der Waals surface area contributed by atoms with Crippen LogP contribution in [0.3, 0.4) is 0 Å². The van der Waals surface area contributed by atoms with E-state index in [4.69, 9.17) is 0 Å². The van der Waals surface area contributed by atoms with Crippen LogP contribution in [0, 0.1) is 23.7 Å². The highest BCUT2D eigenvalue weighted by Gasteiger charge is 2.33. The molecule has 0 nitrogen and oxygen atoms in total. The molecule has 2 saturated carbocycles. The lowest BCUT2D eigenvalue weighted by atomic mass is 9.68. The van der Waals surface area contributed by atoms with E-state index < -0.39 is 11.7 Å². The van der Waals surface area contributed by atoms with Crippen molar-refractivity contribution in [2.45, 2.75) is 96.6 Å². The lowest BCUT2D eigenvalue weighted by Gasteiger charge is -2.38. The maximum atomic E-state index is 12.8. The predicted molar refractivity (Wildman–Crippen MR) is 110 cm³/mol. The quantitative estimate of drug-likeness (QED) is 0.453. The van der Waals surface area contributed by atoms with Gasteiger partial charge in [-0.05, 0) is 85.8 Å². The molecule has 0 radical (unpaired) electrons. The number of benzene rings is 1. The van der Waals surface area contributed by atoms with Crippen molar-refractivity contribution in [3.8, 4) is 0 Å². The molecule has 0 aromatic heterocycles. The maximum Gasteiger partial charge on any atom is 0.416 e. The van der Waals surface area contributed by atoms with E-state index in [0.717, 1.165) is 42.1 Å². The van der Waals surface area contributed by atoms with Crippen LogP contribution >= 0.6 is 0 Å². The average Bonchev–Trinajstić information content (AvgIpc) is 2.72. The Bertz CT molecular complexity index is 573. The minimum Gasteiger partial charge on any atom is -0.166 e. The Morgan fingerprint density at radius 2 is 1.39 bits per heavy atom. The summed E-state index contributed by atoms with van der Waals surface area (Å²) in [4.78, 5) is 0. The number of hydrogen-bond donors (Lipinski definition) is 0. The Balaban J connectivity index is 1.42. The van der Waals surface area contributed by atoms with Crippen LogP contribution in [0.4, 0.5) is 13.2 Å². The highest BCUT2D eigenvalue weighted by Crippen LogP contribution is 2.45. The fourth-order valence-corrected chi connectivity index (χ4v) is 5.54. The number of hydrogen-bond acceptors (Lipinski definition) is 0. The molecule has 158 valence electrons. The second kappa shape index (κ2) is 9.67. The van der Waals surface area contributed by atoms with Gasteiger partial charge in [0.2, 0.25) is 0 Å². The van der Waals surface area contributed by atoms with Crippen LogP contribution in [0.15, 0.2) is 24.3 Å². The van der Waals surface area contributed by atoms with E-state index in [1.165, 1.54) is 69.9 Å². The van der Waals surface area contributed by atoms with Crippen molar-refractivity contribution in [1.29, 1.82) is 0 Å². The molecular formula is C25H37F3. The van der Waals surface area contributed by atoms with Gasteiger partial charge >= 0.3 is 6.18 Å². The largest absolute Gasteiger partial charge is 0.416 e. The zero-order valence-corrected chi connectivity index (χ0v) is 17.6. The van der Waals surface area contributed by atoms with E-state index >= 15 is 0 Å². The molecule has 3 heteroatoms. The maximum absolute atomic E-state index is 12.8. The van der Waals surface area contributed by atoms with Crippen molar-refractivity contribution in [2.24, 2.45) is 23.7 Å². The average molecular weight is 395 g/mol. The summed E-state index contributed by atoms with van der Waals surface area (Å²) in [5.41, 5.74) is 0.565. The molecule has 2 fully saturated rings. The summed E-state index contributed by atoms with van der Waals surface area (Å²) < 4.78 is 38.3. The molecule has 1 aromatic carbocycles. The second-order valence-electron chi connectivity index (χ2n) is 9.60. The van der Waals surface area contributed by atoms with Gasteiger partial charge in [-0.1, -0.05) is 58.1 Å². The Kier molecular flexibility index (Phi) is 7.50. The summed E-state index contributed by atoms with van der Waals surface area (Å²) >= 11 is 0. The van der Waals surface area contributed by atoms with Crippen LogP contribution in [0.25, 0.3) is 0 Å². The number of rotatable bonds is 6. The molecule has 0 heterocycles. The van der Waals surface area contributed by atoms with Crippen LogP contribution in [-0.2, 0) is 6.18 Å². The van der Waals surface area contributed by atoms with Gasteiger partial charge in [0.1, 0.15) is 0 Å². The molecule has 1 atom stereocenters. The van der Waals surface area contributed by atoms with Crippen molar-refractivity contribution in [3.05, 3.63) is 35.4 Å². The molecule has 2 aliphatic rings. The molecule has 0 amide bonds. The molecule has 28 heavy (non-hydrogen) atoms. The van der Waals surface area contributed by atoms with Crippen molar-refractivity contribution in [3.63, 3.8) is 0 Å². The Morgan fingerprint density at radius 1 is 0.857 bits per heavy atom. The standard InChI is InChI=1S/C25H37F3/c1-3-18(2)4-5-19-6-8-20(9-7-19)21-10-12-22(13-11-21)23-14-16-24(17-15-23)25(26,27)28/h14-22H,3-13H2,1-2H3. The first-order valence-corrected chi connectivity index (χ1v) is 11.5. The lowest BCUT2D eigenvalue weighted by molar-refractivity contribution is -0.137. The second-order valence-corrected chi connectivity index (χ2v) is 9.60. The molecule has 0 bridgehead atoms. The van der Waals surface area contributed by atoms with E-state index in [9.17, 15) is 13.2 Å². The number of alkyl halides is 3. The van der Waals surface area contributed by atoms with E-state index in [-0.39, 0.29) is 0 Å². The Morgan fingerprint density at radius 3 is 1.89 bits per heavy atom. The predicted octanol–water partition coefficient (Wildman–Crippen LogP) is 8.61. The molecule has 0 saturated heterocycles. The molecule has 1 unspecified atom stereocenters. The van der Waals surface area contributed by atoms with Crippen LogP contribution in [0.2, 0.25) is 0 Å². The van der Waals surface area contributed by atoms with Gasteiger partial charge in [-0.15, -0.1) is 0 Å². The summed E-state index contributed by atoms with van der Waals surface area (Å²) in [5, 5.41) is 0. The minimum absolute atomic E-state index is 0.449. The molecule has 0 spiro atoms. The van der Waals surface area contributed by atoms with Gasteiger partial charge in [-0.25, -0.2) is 0 Å². The van der Waals surface area contributed by atoms with Crippen molar-refractivity contribution >= 4 is 0 Å². The smallest absolute Gasteiger partial charge is 0.166 e. The first-order valence-electron chi connectivity index (χ1n) is 11.5. The van der Waals surface area contributed by atoms with Crippen LogP contribution in [0.1, 0.15) is 102 Å². The molecule has 0 N–H and O–H groups in total. The minimum atomic E-state index is -4.23. The fourth-order valence-electron chi connectivity index (χ4n) is 5.54. The van der Waals surface area contributed by atoms with Crippen molar-refractivity contribution in [2.75, 3.05) is 0 Å². The molecule has 3 rings (SSSR count). The summed E-state index contributed by atoms with van der Waals surface area (Å²) in [6.07, 6.45) is 10.3. The normalized spacial score (nSPS) is 30.2. The van der Waals surface area contributed by atoms with Gasteiger partial charge in [-0.3, -0.25) is 0 Å². The third-order valence-electron chi connectivity index (χ3n) is 7.80. The van der Waals surface area contributed by atoms with Crippen molar-refractivity contribution < 1.29 is 13.2 Å². The number of halogens is 3. The highest BCUT2D eigenvalue weighted by atomic mass is 19.4. The van der Waals surface area contributed by atoms with Crippen LogP contribution < -0.4 is 0 Å². The molecule has 1 aromatic rings. The summed E-state index contributed by atoms with van der Waals surface area (Å²) in [5.74, 6) is 4.02. The summed E-state index contributed by atoms with van der Waals surface area (Å²) in [7, 11) is 0. The van der Waals surface area contributed by atoms with Crippen molar-refractivity contribution in [1.82, 2.24) is 0 Å². The molecule has 2 aliphatic carbocycles. The lowest BCUT2D eigenvalue weighted by Crippen LogP contribution is -2.25. The third-order valence-corrected chi connectivity index (χ3v) is 7.80. The third kappa shape index (κ3) is 5.76. The van der Waals surface area contributed by atoms with Gasteiger partial charge in [0.15, 0.2) is 0 Å². The summed E-state index contributed by atoms with van der Waals surface area (Å²) in [6, 6.07) is 5.91. The first kappa shape index (κ1) is 21.7. The Labute approximate surface area is 169 Å². The highest BCUT2D eigenvalue weighted by molar-refractivity contribution is 5.27. The first-order chi connectivity index (χ1) is 13.4. The molecular weight excluding hydrogens is 357 g/mol. The Hall–Kier alpha value is -0.990. The van der Waals surface area contributed by atoms with Crippen LogP contribution in [0.5, 0.6) is 0 Å². The topological polar surface area (TPSA) is 0 Å². The summed E-state index contributed by atoms with van der Waals surface area (Å²) in [6.45, 7) is 4.67. The monoisotopic (exact) mass is 394 g/mol. The zero-order valence-electron chi connectivity index (χ0n) is 17.6. The van der Waals surface area contributed by atoms with E-state index in [1.54, 1.807) is 12.1 Å². The van der Waals surface area contributed by atoms with Gasteiger partial charge in [0.05, 0.1) is 5.56 Å². The van der Waals surface area contributed by atoms with Gasteiger partial charge < -0.3 is 0 Å².